The van der Waals surface area contributed by atoms with E-state index in [2.05, 4.69) is 5.32 Å². The van der Waals surface area contributed by atoms with Crippen LogP contribution in [0.2, 0.25) is 0 Å². The van der Waals surface area contributed by atoms with E-state index in [1.54, 1.807) is 6.92 Å². The zero-order chi connectivity index (χ0) is 14.6. The minimum Gasteiger partial charge on any atom is -0.508 e. The Morgan fingerprint density at radius 1 is 1.42 bits per heavy atom. The predicted molar refractivity (Wildman–Crippen MR) is 72.0 cm³/mol. The molecule has 0 fully saturated rings. The summed E-state index contributed by atoms with van der Waals surface area (Å²) in [6, 6.07) is 3.34. The first-order valence-corrected chi connectivity index (χ1v) is 7.47. The molecule has 5 nitrogen and oxygen atoms in total. The molecule has 0 saturated heterocycles. The van der Waals surface area contributed by atoms with Crippen LogP contribution in [0.1, 0.15) is 18.5 Å². The zero-order valence-electron chi connectivity index (χ0n) is 11.2. The highest BCUT2D eigenvalue weighted by Crippen LogP contribution is 2.24. The van der Waals surface area contributed by atoms with Crippen molar-refractivity contribution >= 4 is 10.0 Å². The Hall–Kier alpha value is -1.18. The molecule has 0 spiro atoms. The second-order valence-corrected chi connectivity index (χ2v) is 6.78. The molecule has 0 aliphatic carbocycles. The number of halogens is 1. The first-order valence-electron chi connectivity index (χ1n) is 5.86. The number of rotatable bonds is 6. The number of aromatic hydroxyl groups is 1. The van der Waals surface area contributed by atoms with E-state index in [4.69, 9.17) is 0 Å². The van der Waals surface area contributed by atoms with E-state index in [1.807, 2.05) is 0 Å². The molecule has 1 rings (SSSR count). The minimum absolute atomic E-state index is 0.0168. The zero-order valence-corrected chi connectivity index (χ0v) is 12.0. The summed E-state index contributed by atoms with van der Waals surface area (Å²) < 4.78 is 37.3. The second kappa shape index (κ2) is 6.31. The van der Waals surface area contributed by atoms with Crippen LogP contribution in [0.5, 0.6) is 5.75 Å². The fourth-order valence-electron chi connectivity index (χ4n) is 1.57. The maximum Gasteiger partial charge on any atom is 0.214 e. The van der Waals surface area contributed by atoms with Crippen molar-refractivity contribution in [2.24, 2.45) is 0 Å². The van der Waals surface area contributed by atoms with E-state index in [9.17, 15) is 17.9 Å². The van der Waals surface area contributed by atoms with Gasteiger partial charge in [0.2, 0.25) is 10.0 Å². The molecule has 19 heavy (non-hydrogen) atoms. The summed E-state index contributed by atoms with van der Waals surface area (Å²) in [6.07, 6.45) is 0. The minimum atomic E-state index is -3.26. The van der Waals surface area contributed by atoms with Crippen LogP contribution < -0.4 is 5.32 Å². The Labute approximate surface area is 113 Å². The quantitative estimate of drug-likeness (QED) is 0.822. The molecule has 108 valence electrons. The molecule has 0 aromatic heterocycles. The van der Waals surface area contributed by atoms with Crippen molar-refractivity contribution in [2.75, 3.05) is 26.4 Å². The number of sulfonamides is 1. The number of nitrogens with zero attached hydrogens (tertiary/aromatic N) is 1. The van der Waals surface area contributed by atoms with Gasteiger partial charge in [-0.1, -0.05) is 0 Å². The van der Waals surface area contributed by atoms with Gasteiger partial charge in [0.1, 0.15) is 11.6 Å². The third-order valence-corrected chi connectivity index (χ3v) is 4.66. The molecule has 2 N–H and O–H groups in total. The molecule has 0 amide bonds. The number of phenolic OH excluding ortho intramolecular Hbond substituents is 1. The molecule has 0 saturated carbocycles. The molecule has 0 heterocycles. The van der Waals surface area contributed by atoms with E-state index in [1.165, 1.54) is 32.3 Å². The molecule has 1 unspecified atom stereocenters. The van der Waals surface area contributed by atoms with Gasteiger partial charge >= 0.3 is 0 Å². The molecular formula is C12H19FN2O3S. The van der Waals surface area contributed by atoms with Gasteiger partial charge in [0.05, 0.1) is 5.75 Å². The maximum atomic E-state index is 13.1. The number of nitrogens with one attached hydrogen (secondary N) is 1. The summed E-state index contributed by atoms with van der Waals surface area (Å²) in [7, 11) is -0.321. The van der Waals surface area contributed by atoms with Crippen LogP contribution in [0, 0.1) is 5.82 Å². The molecule has 0 aliphatic rings. The summed E-state index contributed by atoms with van der Waals surface area (Å²) in [5, 5.41) is 12.6. The third-order valence-electron chi connectivity index (χ3n) is 2.82. The Bertz CT molecular complexity index is 532. The van der Waals surface area contributed by atoms with Crippen molar-refractivity contribution in [2.45, 2.75) is 13.0 Å². The lowest BCUT2D eigenvalue weighted by Crippen LogP contribution is -2.32. The average molecular weight is 290 g/mol. The fraction of sp³-hybridized carbons (Fsp3) is 0.500. The van der Waals surface area contributed by atoms with Crippen molar-refractivity contribution in [1.29, 1.82) is 0 Å². The Balaban J connectivity index is 2.61. The SMILES string of the molecule is CC(NCCS(=O)(=O)N(C)C)c1cc(F)ccc1O. The topological polar surface area (TPSA) is 69.6 Å². The van der Waals surface area contributed by atoms with Gasteiger partial charge in [0, 0.05) is 32.2 Å². The van der Waals surface area contributed by atoms with Gasteiger partial charge in [-0.15, -0.1) is 0 Å². The van der Waals surface area contributed by atoms with E-state index in [-0.39, 0.29) is 24.1 Å². The molecule has 0 radical (unpaired) electrons. The lowest BCUT2D eigenvalue weighted by Gasteiger charge is -2.17. The number of benzene rings is 1. The number of phenols is 1. The third kappa shape index (κ3) is 4.45. The van der Waals surface area contributed by atoms with Crippen molar-refractivity contribution in [1.82, 2.24) is 9.62 Å². The summed E-state index contributed by atoms with van der Waals surface area (Å²) in [6.45, 7) is 1.95. The molecule has 1 aromatic rings. The van der Waals surface area contributed by atoms with Gasteiger partial charge in [-0.2, -0.15) is 0 Å². The van der Waals surface area contributed by atoms with E-state index >= 15 is 0 Å². The summed E-state index contributed by atoms with van der Waals surface area (Å²) in [5.41, 5.74) is 0.405. The molecule has 0 aliphatic heterocycles. The van der Waals surface area contributed by atoms with E-state index in [0.717, 1.165) is 4.31 Å². The Morgan fingerprint density at radius 3 is 2.63 bits per heavy atom. The highest BCUT2D eigenvalue weighted by atomic mass is 32.2. The average Bonchev–Trinajstić information content (AvgIpc) is 2.31. The lowest BCUT2D eigenvalue weighted by molar-refractivity contribution is 0.450. The van der Waals surface area contributed by atoms with Gasteiger partial charge in [-0.25, -0.2) is 17.1 Å². The van der Waals surface area contributed by atoms with E-state index in [0.29, 0.717) is 5.56 Å². The van der Waals surface area contributed by atoms with E-state index < -0.39 is 15.8 Å². The van der Waals surface area contributed by atoms with Crippen LogP contribution in [-0.4, -0.2) is 44.2 Å². The van der Waals surface area contributed by atoms with Crippen LogP contribution in [0.15, 0.2) is 18.2 Å². The van der Waals surface area contributed by atoms with Gasteiger partial charge in [0.25, 0.3) is 0 Å². The summed E-state index contributed by atoms with van der Waals surface area (Å²) >= 11 is 0. The molecular weight excluding hydrogens is 271 g/mol. The first kappa shape index (κ1) is 15.9. The first-order chi connectivity index (χ1) is 8.74. The van der Waals surface area contributed by atoms with Crippen molar-refractivity contribution in [3.63, 3.8) is 0 Å². The van der Waals surface area contributed by atoms with Gasteiger partial charge in [0.15, 0.2) is 0 Å². The Morgan fingerprint density at radius 2 is 2.05 bits per heavy atom. The second-order valence-electron chi connectivity index (χ2n) is 4.48. The van der Waals surface area contributed by atoms with Crippen LogP contribution in [0.3, 0.4) is 0 Å². The Kier molecular flexibility index (Phi) is 5.28. The summed E-state index contributed by atoms with van der Waals surface area (Å²) in [4.78, 5) is 0. The van der Waals surface area contributed by atoms with Crippen molar-refractivity contribution < 1.29 is 17.9 Å². The molecule has 1 atom stereocenters. The van der Waals surface area contributed by atoms with Crippen LogP contribution in [0.4, 0.5) is 4.39 Å². The van der Waals surface area contributed by atoms with Gasteiger partial charge in [-0.05, 0) is 25.1 Å². The highest BCUT2D eigenvalue weighted by Gasteiger charge is 2.15. The monoisotopic (exact) mass is 290 g/mol. The van der Waals surface area contributed by atoms with Crippen molar-refractivity contribution in [3.05, 3.63) is 29.6 Å². The van der Waals surface area contributed by atoms with Gasteiger partial charge < -0.3 is 10.4 Å². The maximum absolute atomic E-state index is 13.1. The standard InChI is InChI=1S/C12H19FN2O3S/c1-9(11-8-10(13)4-5-12(11)16)14-6-7-19(17,18)15(2)3/h4-5,8-9,14,16H,6-7H2,1-3H3. The predicted octanol–water partition coefficient (Wildman–Crippen LogP) is 1.07. The number of hydrogen-bond acceptors (Lipinski definition) is 4. The van der Waals surface area contributed by atoms with Crippen LogP contribution in [-0.2, 0) is 10.0 Å². The van der Waals surface area contributed by atoms with Gasteiger partial charge in [-0.3, -0.25) is 0 Å². The molecule has 7 heteroatoms. The van der Waals surface area contributed by atoms with Crippen LogP contribution >= 0.6 is 0 Å². The largest absolute Gasteiger partial charge is 0.508 e. The molecule has 1 aromatic carbocycles. The summed E-state index contributed by atoms with van der Waals surface area (Å²) in [5.74, 6) is -0.514. The number of hydrogen-bond donors (Lipinski definition) is 2. The highest BCUT2D eigenvalue weighted by molar-refractivity contribution is 7.89. The fourth-order valence-corrected chi connectivity index (χ4v) is 2.31. The lowest BCUT2D eigenvalue weighted by atomic mass is 10.1. The van der Waals surface area contributed by atoms with Crippen molar-refractivity contribution in [3.8, 4) is 5.75 Å². The van der Waals surface area contributed by atoms with Crippen LogP contribution in [0.25, 0.3) is 0 Å². The molecule has 0 bridgehead atoms. The normalized spacial score (nSPS) is 13.7. The smallest absolute Gasteiger partial charge is 0.214 e.